The van der Waals surface area contributed by atoms with Gasteiger partial charge in [-0.3, -0.25) is 0 Å². The number of hydrogen-bond donors (Lipinski definition) is 1. The maximum atomic E-state index is 8.86. The minimum atomic E-state index is -0.0637. The fourth-order valence-corrected chi connectivity index (χ4v) is 0.433. The first-order valence-corrected chi connectivity index (χ1v) is 2.93. The van der Waals surface area contributed by atoms with Gasteiger partial charge in [-0.05, 0) is 11.0 Å². The average Bonchev–Trinajstić information content (AvgIpc) is 1.62. The standard InChI is InChI=1S/C8H14O/c1-6(7(2)9)8(3,4)5/h9H,1-2H2,3-5H3. The van der Waals surface area contributed by atoms with Crippen LogP contribution in [0.5, 0.6) is 0 Å². The van der Waals surface area contributed by atoms with Crippen LogP contribution in [-0.2, 0) is 0 Å². The summed E-state index contributed by atoms with van der Waals surface area (Å²) in [5.74, 6) is 0.0856. The van der Waals surface area contributed by atoms with E-state index < -0.39 is 0 Å². The Kier molecular flexibility index (Phi) is 2.08. The van der Waals surface area contributed by atoms with Crippen LogP contribution in [0.1, 0.15) is 20.8 Å². The third kappa shape index (κ3) is 2.36. The molecule has 0 bridgehead atoms. The molecule has 0 saturated heterocycles. The zero-order valence-corrected chi connectivity index (χ0v) is 6.36. The van der Waals surface area contributed by atoms with E-state index in [1.807, 2.05) is 20.8 Å². The molecule has 1 heteroatoms. The van der Waals surface area contributed by atoms with E-state index in [-0.39, 0.29) is 11.2 Å². The van der Waals surface area contributed by atoms with Crippen molar-refractivity contribution in [1.82, 2.24) is 0 Å². The van der Waals surface area contributed by atoms with Gasteiger partial charge in [0.15, 0.2) is 0 Å². The molecule has 0 spiro atoms. The van der Waals surface area contributed by atoms with Gasteiger partial charge in [-0.1, -0.05) is 33.9 Å². The summed E-state index contributed by atoms with van der Waals surface area (Å²) in [5, 5.41) is 8.86. The second-order valence-corrected chi connectivity index (χ2v) is 3.18. The van der Waals surface area contributed by atoms with Crippen LogP contribution in [0.4, 0.5) is 0 Å². The van der Waals surface area contributed by atoms with Gasteiger partial charge in [-0.15, -0.1) is 0 Å². The molecule has 52 valence electrons. The minimum absolute atomic E-state index is 0.0637. The van der Waals surface area contributed by atoms with E-state index in [0.29, 0.717) is 5.57 Å². The van der Waals surface area contributed by atoms with Gasteiger partial charge >= 0.3 is 0 Å². The SMILES string of the molecule is C=C(O)C(=C)C(C)(C)C. The molecule has 0 radical (unpaired) electrons. The quantitative estimate of drug-likeness (QED) is 0.423. The third-order valence-corrected chi connectivity index (χ3v) is 1.25. The van der Waals surface area contributed by atoms with Crippen LogP contribution in [0, 0.1) is 5.41 Å². The van der Waals surface area contributed by atoms with Crippen molar-refractivity contribution in [2.45, 2.75) is 20.8 Å². The first kappa shape index (κ1) is 8.28. The lowest BCUT2D eigenvalue weighted by Gasteiger charge is -2.19. The molecule has 0 saturated carbocycles. The van der Waals surface area contributed by atoms with Crippen molar-refractivity contribution in [2.24, 2.45) is 5.41 Å². The lowest BCUT2D eigenvalue weighted by Crippen LogP contribution is -2.09. The second kappa shape index (κ2) is 2.26. The Bertz CT molecular complexity index is 137. The summed E-state index contributed by atoms with van der Waals surface area (Å²) in [4.78, 5) is 0. The Morgan fingerprint density at radius 1 is 1.22 bits per heavy atom. The predicted molar refractivity (Wildman–Crippen MR) is 40.4 cm³/mol. The van der Waals surface area contributed by atoms with Crippen LogP contribution < -0.4 is 0 Å². The Morgan fingerprint density at radius 3 is 1.56 bits per heavy atom. The average molecular weight is 126 g/mol. The smallest absolute Gasteiger partial charge is 0.111 e. The second-order valence-electron chi connectivity index (χ2n) is 3.18. The van der Waals surface area contributed by atoms with E-state index in [2.05, 4.69) is 13.2 Å². The van der Waals surface area contributed by atoms with Gasteiger partial charge in [-0.25, -0.2) is 0 Å². The Balaban J connectivity index is 4.23. The largest absolute Gasteiger partial charge is 0.508 e. The molecule has 0 aliphatic heterocycles. The van der Waals surface area contributed by atoms with E-state index in [4.69, 9.17) is 5.11 Å². The summed E-state index contributed by atoms with van der Waals surface area (Å²) >= 11 is 0. The first-order valence-electron chi connectivity index (χ1n) is 2.93. The predicted octanol–water partition coefficient (Wildman–Crippen LogP) is 2.66. The molecule has 0 aromatic carbocycles. The zero-order chi connectivity index (χ0) is 7.65. The van der Waals surface area contributed by atoms with Gasteiger partial charge in [0.2, 0.25) is 0 Å². The van der Waals surface area contributed by atoms with Crippen molar-refractivity contribution >= 4 is 0 Å². The highest BCUT2D eigenvalue weighted by atomic mass is 16.3. The van der Waals surface area contributed by atoms with Gasteiger partial charge in [0.25, 0.3) is 0 Å². The Labute approximate surface area is 56.7 Å². The number of rotatable bonds is 1. The van der Waals surface area contributed by atoms with Crippen molar-refractivity contribution < 1.29 is 5.11 Å². The molecule has 9 heavy (non-hydrogen) atoms. The lowest BCUT2D eigenvalue weighted by atomic mass is 9.87. The third-order valence-electron chi connectivity index (χ3n) is 1.25. The molecule has 0 fully saturated rings. The molecule has 0 aliphatic rings. The first-order chi connectivity index (χ1) is 3.85. The number of aliphatic hydroxyl groups excluding tert-OH is 1. The van der Waals surface area contributed by atoms with Crippen LogP contribution in [0.25, 0.3) is 0 Å². The topological polar surface area (TPSA) is 20.2 Å². The molecule has 0 heterocycles. The minimum Gasteiger partial charge on any atom is -0.508 e. The number of allylic oxidation sites excluding steroid dienone is 1. The van der Waals surface area contributed by atoms with Crippen molar-refractivity contribution in [3.63, 3.8) is 0 Å². The van der Waals surface area contributed by atoms with E-state index in [9.17, 15) is 0 Å². The summed E-state index contributed by atoms with van der Waals surface area (Å²) in [7, 11) is 0. The zero-order valence-electron chi connectivity index (χ0n) is 6.36. The van der Waals surface area contributed by atoms with Crippen LogP contribution in [0.3, 0.4) is 0 Å². The highest BCUT2D eigenvalue weighted by molar-refractivity contribution is 5.23. The molecule has 0 aromatic rings. The number of aliphatic hydroxyl groups is 1. The van der Waals surface area contributed by atoms with Crippen LogP contribution in [0.2, 0.25) is 0 Å². The van der Waals surface area contributed by atoms with Crippen molar-refractivity contribution in [1.29, 1.82) is 0 Å². The number of hydrogen-bond acceptors (Lipinski definition) is 1. The lowest BCUT2D eigenvalue weighted by molar-refractivity contribution is 0.382. The highest BCUT2D eigenvalue weighted by Crippen LogP contribution is 2.26. The van der Waals surface area contributed by atoms with Gasteiger partial charge in [0.05, 0.1) is 0 Å². The van der Waals surface area contributed by atoms with Crippen LogP contribution >= 0.6 is 0 Å². The van der Waals surface area contributed by atoms with E-state index in [0.717, 1.165) is 0 Å². The van der Waals surface area contributed by atoms with E-state index >= 15 is 0 Å². The van der Waals surface area contributed by atoms with E-state index in [1.165, 1.54) is 0 Å². The molecule has 0 atom stereocenters. The molecule has 0 aromatic heterocycles. The molecular weight excluding hydrogens is 112 g/mol. The Hall–Kier alpha value is -0.720. The molecule has 1 nitrogen and oxygen atoms in total. The summed E-state index contributed by atoms with van der Waals surface area (Å²) in [6, 6.07) is 0. The van der Waals surface area contributed by atoms with Gasteiger partial charge in [-0.2, -0.15) is 0 Å². The molecule has 0 aliphatic carbocycles. The molecule has 0 rings (SSSR count). The maximum absolute atomic E-state index is 8.86. The van der Waals surface area contributed by atoms with Gasteiger partial charge in [0, 0.05) is 0 Å². The van der Waals surface area contributed by atoms with Crippen molar-refractivity contribution in [3.8, 4) is 0 Å². The van der Waals surface area contributed by atoms with Gasteiger partial charge in [0.1, 0.15) is 5.76 Å². The summed E-state index contributed by atoms with van der Waals surface area (Å²) in [6.07, 6.45) is 0. The summed E-state index contributed by atoms with van der Waals surface area (Å²) in [6.45, 7) is 13.0. The van der Waals surface area contributed by atoms with Gasteiger partial charge < -0.3 is 5.11 Å². The molecule has 0 amide bonds. The maximum Gasteiger partial charge on any atom is 0.111 e. The van der Waals surface area contributed by atoms with E-state index in [1.54, 1.807) is 0 Å². The summed E-state index contributed by atoms with van der Waals surface area (Å²) < 4.78 is 0. The van der Waals surface area contributed by atoms with Crippen molar-refractivity contribution in [3.05, 3.63) is 24.5 Å². The molecule has 0 unspecified atom stereocenters. The molecule has 1 N–H and O–H groups in total. The monoisotopic (exact) mass is 126 g/mol. The molecular formula is C8H14O. The van der Waals surface area contributed by atoms with Crippen LogP contribution in [-0.4, -0.2) is 5.11 Å². The fraction of sp³-hybridized carbons (Fsp3) is 0.500. The Morgan fingerprint density at radius 2 is 1.56 bits per heavy atom. The normalized spacial score (nSPS) is 11.0. The van der Waals surface area contributed by atoms with Crippen molar-refractivity contribution in [2.75, 3.05) is 0 Å². The highest BCUT2D eigenvalue weighted by Gasteiger charge is 2.16. The summed E-state index contributed by atoms with van der Waals surface area (Å²) in [5.41, 5.74) is 0.633. The fourth-order valence-electron chi connectivity index (χ4n) is 0.433. The van der Waals surface area contributed by atoms with Crippen LogP contribution in [0.15, 0.2) is 24.5 Å².